The third kappa shape index (κ3) is 4.18. The number of barbiturate groups is 1. The molecule has 0 radical (unpaired) electrons. The largest absolute Gasteiger partial charge is 0.434 e. The molecule has 2 aromatic rings. The van der Waals surface area contributed by atoms with Crippen LogP contribution in [0.25, 0.3) is 0 Å². The minimum atomic E-state index is -3.30. The topological polar surface area (TPSA) is 135 Å². The maximum absolute atomic E-state index is 13.4. The maximum Gasteiger partial charge on any atom is 0.387 e. The van der Waals surface area contributed by atoms with Gasteiger partial charge < -0.3 is 20.1 Å². The van der Waals surface area contributed by atoms with Gasteiger partial charge in [-0.25, -0.2) is 9.59 Å². The Balaban J connectivity index is 1.97. The molecule has 0 aliphatic carbocycles. The number of para-hydroxylation sites is 2. The first-order valence-corrected chi connectivity index (χ1v) is 9.96. The second kappa shape index (κ2) is 9.12. The van der Waals surface area contributed by atoms with Gasteiger partial charge in [0.05, 0.1) is 12.1 Å². The Morgan fingerprint density at radius 3 is 1.46 bits per heavy atom. The van der Waals surface area contributed by atoms with E-state index in [1.165, 1.54) is 36.4 Å². The highest BCUT2D eigenvalue weighted by molar-refractivity contribution is 6.21. The molecule has 2 aromatic carbocycles. The minimum absolute atomic E-state index is 0.209. The van der Waals surface area contributed by atoms with E-state index in [9.17, 15) is 36.7 Å². The van der Waals surface area contributed by atoms with Crippen molar-refractivity contribution in [1.82, 2.24) is 21.3 Å². The number of imide groups is 2. The second-order valence-corrected chi connectivity index (χ2v) is 7.42. The quantitative estimate of drug-likeness (QED) is 0.358. The lowest BCUT2D eigenvalue weighted by atomic mass is 9.65. The number of benzene rings is 2. The van der Waals surface area contributed by atoms with Crippen molar-refractivity contribution in [2.75, 3.05) is 0 Å². The molecule has 0 saturated carbocycles. The summed E-state index contributed by atoms with van der Waals surface area (Å²) in [5, 5.41) is 8.54. The van der Waals surface area contributed by atoms with Crippen LogP contribution in [-0.2, 0) is 9.59 Å². The number of alkyl halides is 4. The van der Waals surface area contributed by atoms with Gasteiger partial charge in [0.25, 0.3) is 0 Å². The molecule has 10 nitrogen and oxygen atoms in total. The van der Waals surface area contributed by atoms with Crippen LogP contribution < -0.4 is 30.7 Å². The van der Waals surface area contributed by atoms with E-state index in [-0.39, 0.29) is 11.1 Å². The Morgan fingerprint density at radius 1 is 0.657 bits per heavy atom. The second-order valence-electron chi connectivity index (χ2n) is 7.42. The Bertz CT molecular complexity index is 1110. The Kier molecular flexibility index (Phi) is 6.20. The summed E-state index contributed by atoms with van der Waals surface area (Å²) in [6, 6.07) is 4.60. The summed E-state index contributed by atoms with van der Waals surface area (Å²) in [5.41, 5.74) is -2.90. The zero-order valence-electron chi connectivity index (χ0n) is 17.4. The zero-order valence-corrected chi connectivity index (χ0v) is 17.4. The lowest BCUT2D eigenvalue weighted by molar-refractivity contribution is -0.150. The predicted octanol–water partition coefficient (Wildman–Crippen LogP) is 2.34. The fourth-order valence-corrected chi connectivity index (χ4v) is 4.26. The Hall–Kier alpha value is -4.36. The lowest BCUT2D eigenvalue weighted by Gasteiger charge is -2.48. The van der Waals surface area contributed by atoms with E-state index < -0.39 is 66.1 Å². The Labute approximate surface area is 193 Å². The van der Waals surface area contributed by atoms with Gasteiger partial charge in [0, 0.05) is 11.1 Å². The van der Waals surface area contributed by atoms with Gasteiger partial charge in [-0.2, -0.15) is 17.6 Å². The van der Waals surface area contributed by atoms with Gasteiger partial charge >= 0.3 is 25.3 Å². The fourth-order valence-electron chi connectivity index (χ4n) is 4.26. The fraction of sp³-hybridized carbons (Fsp3) is 0.238. The first-order chi connectivity index (χ1) is 16.6. The summed E-state index contributed by atoms with van der Waals surface area (Å²) < 4.78 is 61.4. The average Bonchev–Trinajstić information content (AvgIpc) is 2.77. The van der Waals surface area contributed by atoms with Crippen LogP contribution in [0.15, 0.2) is 48.5 Å². The molecule has 2 fully saturated rings. The SMILES string of the molecule is O=C1NC(=O)C2(C(=O)N1)[C@@H](c1ccccc1OC(F)F)NC(=O)N[C@H]2c1ccccc1OC(F)F. The van der Waals surface area contributed by atoms with Gasteiger partial charge in [-0.3, -0.25) is 20.2 Å². The highest BCUT2D eigenvalue weighted by atomic mass is 19.3. The first kappa shape index (κ1) is 23.8. The molecule has 2 aliphatic rings. The number of hydrogen-bond donors (Lipinski definition) is 4. The van der Waals surface area contributed by atoms with E-state index in [0.717, 1.165) is 12.1 Å². The van der Waals surface area contributed by atoms with E-state index in [0.29, 0.717) is 0 Å². The molecule has 4 rings (SSSR count). The van der Waals surface area contributed by atoms with Crippen LogP contribution in [0.5, 0.6) is 11.5 Å². The summed E-state index contributed by atoms with van der Waals surface area (Å²) in [7, 11) is 0. The molecule has 2 saturated heterocycles. The van der Waals surface area contributed by atoms with Crippen LogP contribution in [0.2, 0.25) is 0 Å². The molecule has 4 N–H and O–H groups in total. The summed E-state index contributed by atoms with van der Waals surface area (Å²) in [5.74, 6) is -3.40. The van der Waals surface area contributed by atoms with Crippen molar-refractivity contribution in [3.05, 3.63) is 59.7 Å². The zero-order chi connectivity index (χ0) is 25.3. The molecule has 0 aromatic heterocycles. The van der Waals surface area contributed by atoms with Gasteiger partial charge in [0.1, 0.15) is 11.5 Å². The van der Waals surface area contributed by atoms with Crippen LogP contribution in [0.1, 0.15) is 23.2 Å². The predicted molar refractivity (Wildman–Crippen MR) is 107 cm³/mol. The van der Waals surface area contributed by atoms with Crippen LogP contribution >= 0.6 is 0 Å². The normalized spacial score (nSPS) is 21.3. The minimum Gasteiger partial charge on any atom is -0.434 e. The highest BCUT2D eigenvalue weighted by Gasteiger charge is 2.65. The molecule has 184 valence electrons. The summed E-state index contributed by atoms with van der Waals surface area (Å²) in [6.07, 6.45) is 0. The molecule has 0 bridgehead atoms. The van der Waals surface area contributed by atoms with Crippen molar-refractivity contribution >= 4 is 23.9 Å². The van der Waals surface area contributed by atoms with Gasteiger partial charge in [-0.1, -0.05) is 36.4 Å². The number of rotatable bonds is 6. The van der Waals surface area contributed by atoms with E-state index in [2.05, 4.69) is 20.1 Å². The van der Waals surface area contributed by atoms with Crippen molar-refractivity contribution in [2.45, 2.75) is 25.3 Å². The number of halogens is 4. The van der Waals surface area contributed by atoms with Crippen LogP contribution in [0.3, 0.4) is 0 Å². The number of urea groups is 2. The van der Waals surface area contributed by atoms with Crippen molar-refractivity contribution in [1.29, 1.82) is 0 Å². The highest BCUT2D eigenvalue weighted by Crippen LogP contribution is 2.51. The van der Waals surface area contributed by atoms with Gasteiger partial charge in [0.2, 0.25) is 11.8 Å². The maximum atomic E-state index is 13.4. The molecule has 2 atom stereocenters. The van der Waals surface area contributed by atoms with Crippen LogP contribution in [0, 0.1) is 5.41 Å². The van der Waals surface area contributed by atoms with Crippen molar-refractivity contribution in [2.24, 2.45) is 5.41 Å². The molecular formula is C21H16F4N4O6. The standard InChI is InChI=1S/C21H16F4N4O6/c22-17(23)34-11-7-3-1-5-9(11)13-21(15(30)28-20(33)29-16(21)31)14(27-19(32)26-13)10-6-2-4-8-12(10)35-18(24)25/h1-8,13-14,17-18H,(H2,26,27,32)(H2,28,29,30,31,33)/t13-,14+. The Morgan fingerprint density at radius 2 is 1.06 bits per heavy atom. The smallest absolute Gasteiger partial charge is 0.387 e. The van der Waals surface area contributed by atoms with Crippen molar-refractivity contribution < 1.29 is 46.2 Å². The van der Waals surface area contributed by atoms with Gasteiger partial charge in [0.15, 0.2) is 5.41 Å². The molecule has 2 aliphatic heterocycles. The number of amides is 6. The van der Waals surface area contributed by atoms with E-state index in [4.69, 9.17) is 0 Å². The molecule has 14 heteroatoms. The molecule has 2 heterocycles. The van der Waals surface area contributed by atoms with Gasteiger partial charge in [-0.15, -0.1) is 0 Å². The first-order valence-electron chi connectivity index (χ1n) is 9.96. The molecule has 6 amide bonds. The number of carbonyl (C=O) groups excluding carboxylic acids is 4. The molecule has 1 spiro atoms. The van der Waals surface area contributed by atoms with E-state index in [1.807, 2.05) is 10.6 Å². The van der Waals surface area contributed by atoms with E-state index in [1.54, 1.807) is 0 Å². The number of hydrogen-bond acceptors (Lipinski definition) is 6. The molecule has 0 unspecified atom stereocenters. The third-order valence-electron chi connectivity index (χ3n) is 5.56. The number of ether oxygens (including phenoxy) is 2. The summed E-state index contributed by atoms with van der Waals surface area (Å²) >= 11 is 0. The number of nitrogens with one attached hydrogen (secondary N) is 4. The van der Waals surface area contributed by atoms with E-state index >= 15 is 0 Å². The van der Waals surface area contributed by atoms with Crippen molar-refractivity contribution in [3.63, 3.8) is 0 Å². The summed E-state index contributed by atoms with van der Waals surface area (Å²) in [4.78, 5) is 51.3. The van der Waals surface area contributed by atoms with Crippen LogP contribution in [0.4, 0.5) is 27.2 Å². The molecular weight excluding hydrogens is 480 g/mol. The third-order valence-corrected chi connectivity index (χ3v) is 5.56. The molecule has 35 heavy (non-hydrogen) atoms. The lowest BCUT2D eigenvalue weighted by Crippen LogP contribution is -2.73. The summed E-state index contributed by atoms with van der Waals surface area (Å²) in [6.45, 7) is -6.59. The van der Waals surface area contributed by atoms with Crippen LogP contribution in [-0.4, -0.2) is 37.1 Å². The number of carbonyl (C=O) groups is 4. The van der Waals surface area contributed by atoms with Gasteiger partial charge in [-0.05, 0) is 12.1 Å². The van der Waals surface area contributed by atoms with Crippen molar-refractivity contribution in [3.8, 4) is 11.5 Å². The monoisotopic (exact) mass is 496 g/mol. The average molecular weight is 496 g/mol.